The Morgan fingerprint density at radius 3 is 3.16 bits per heavy atom. The van der Waals surface area contributed by atoms with E-state index >= 15 is 0 Å². The molecule has 1 atom stereocenters. The molecule has 3 rings (SSSR count). The van der Waals surface area contributed by atoms with Gasteiger partial charge in [-0.3, -0.25) is 0 Å². The van der Waals surface area contributed by atoms with Crippen molar-refractivity contribution < 1.29 is 4.74 Å². The molecule has 1 fully saturated rings. The molecular weight excluding hydrogens is 236 g/mol. The Hall–Kier alpha value is -1.06. The van der Waals surface area contributed by atoms with Gasteiger partial charge in [-0.1, -0.05) is 18.2 Å². The zero-order chi connectivity index (χ0) is 12.9. The Balaban J connectivity index is 1.54. The first-order chi connectivity index (χ1) is 9.43. The lowest BCUT2D eigenvalue weighted by atomic mass is 9.99. The first kappa shape index (κ1) is 12.9. The van der Waals surface area contributed by atoms with E-state index < -0.39 is 0 Å². The normalized spacial score (nSPS) is 22.6. The van der Waals surface area contributed by atoms with E-state index in [0.717, 1.165) is 26.2 Å². The molecule has 0 aliphatic carbocycles. The van der Waals surface area contributed by atoms with Crippen LogP contribution in [-0.2, 0) is 17.7 Å². The van der Waals surface area contributed by atoms with Gasteiger partial charge in [-0.05, 0) is 43.2 Å². The van der Waals surface area contributed by atoms with Gasteiger partial charge in [0.2, 0.25) is 0 Å². The summed E-state index contributed by atoms with van der Waals surface area (Å²) >= 11 is 0. The number of rotatable bonds is 4. The van der Waals surface area contributed by atoms with E-state index in [1.165, 1.54) is 48.9 Å². The average molecular weight is 260 g/mol. The van der Waals surface area contributed by atoms with Gasteiger partial charge >= 0.3 is 0 Å². The summed E-state index contributed by atoms with van der Waals surface area (Å²) in [7, 11) is 0. The van der Waals surface area contributed by atoms with Crippen molar-refractivity contribution in [3.8, 4) is 0 Å². The van der Waals surface area contributed by atoms with Crippen molar-refractivity contribution in [2.45, 2.75) is 44.8 Å². The second-order valence-electron chi connectivity index (χ2n) is 5.60. The molecule has 3 heteroatoms. The Kier molecular flexibility index (Phi) is 4.36. The molecule has 0 aromatic heterocycles. The molecule has 0 radical (unpaired) electrons. The first-order valence-electron chi connectivity index (χ1n) is 7.60. The lowest BCUT2D eigenvalue weighted by Gasteiger charge is -2.24. The number of fused-ring (bicyclic) bond motifs is 1. The molecular formula is C16H24N2O. The van der Waals surface area contributed by atoms with Crippen molar-refractivity contribution in [3.05, 3.63) is 29.3 Å². The molecule has 104 valence electrons. The molecule has 0 spiro atoms. The molecule has 1 aromatic rings. The zero-order valence-corrected chi connectivity index (χ0v) is 11.6. The molecule has 1 unspecified atom stereocenters. The van der Waals surface area contributed by atoms with Gasteiger partial charge in [0, 0.05) is 31.9 Å². The summed E-state index contributed by atoms with van der Waals surface area (Å²) < 4.78 is 5.75. The van der Waals surface area contributed by atoms with Gasteiger partial charge in [0.25, 0.3) is 0 Å². The highest BCUT2D eigenvalue weighted by atomic mass is 16.5. The van der Waals surface area contributed by atoms with Crippen molar-refractivity contribution in [1.29, 1.82) is 0 Å². The second kappa shape index (κ2) is 6.40. The van der Waals surface area contributed by atoms with Gasteiger partial charge in [-0.2, -0.15) is 0 Å². The molecule has 3 nitrogen and oxygen atoms in total. The molecule has 2 N–H and O–H groups in total. The van der Waals surface area contributed by atoms with E-state index in [0.29, 0.717) is 6.10 Å². The third kappa shape index (κ3) is 3.28. The third-order valence-electron chi connectivity index (χ3n) is 4.12. The number of hydrogen-bond donors (Lipinski definition) is 2. The van der Waals surface area contributed by atoms with Crippen LogP contribution in [0.3, 0.4) is 0 Å². The quantitative estimate of drug-likeness (QED) is 0.873. The van der Waals surface area contributed by atoms with Crippen LogP contribution in [0.5, 0.6) is 0 Å². The third-order valence-corrected chi connectivity index (χ3v) is 4.12. The van der Waals surface area contributed by atoms with E-state index in [9.17, 15) is 0 Å². The lowest BCUT2D eigenvalue weighted by Crippen LogP contribution is -2.31. The fraction of sp³-hybridized carbons (Fsp3) is 0.625. The highest BCUT2D eigenvalue weighted by Gasteiger charge is 2.15. The van der Waals surface area contributed by atoms with Crippen molar-refractivity contribution in [2.24, 2.45) is 0 Å². The molecule has 2 aliphatic rings. The zero-order valence-electron chi connectivity index (χ0n) is 11.6. The Bertz CT molecular complexity index is 413. The monoisotopic (exact) mass is 260 g/mol. The molecule has 1 saturated heterocycles. The van der Waals surface area contributed by atoms with E-state index in [2.05, 4.69) is 28.8 Å². The van der Waals surface area contributed by atoms with Gasteiger partial charge < -0.3 is 15.4 Å². The average Bonchev–Trinajstić information content (AvgIpc) is 2.49. The number of nitrogens with one attached hydrogen (secondary N) is 2. The number of para-hydroxylation sites is 1. The summed E-state index contributed by atoms with van der Waals surface area (Å²) in [4.78, 5) is 0. The van der Waals surface area contributed by atoms with Crippen LogP contribution < -0.4 is 10.6 Å². The topological polar surface area (TPSA) is 33.3 Å². The summed E-state index contributed by atoms with van der Waals surface area (Å²) in [5.41, 5.74) is 4.23. The van der Waals surface area contributed by atoms with Crippen molar-refractivity contribution in [3.63, 3.8) is 0 Å². The van der Waals surface area contributed by atoms with Crippen LogP contribution in [0.1, 0.15) is 36.8 Å². The van der Waals surface area contributed by atoms with Crippen LogP contribution in [0.15, 0.2) is 18.2 Å². The van der Waals surface area contributed by atoms with Crippen LogP contribution in [0.4, 0.5) is 5.69 Å². The molecule has 19 heavy (non-hydrogen) atoms. The maximum Gasteiger partial charge on any atom is 0.0699 e. The van der Waals surface area contributed by atoms with Crippen molar-refractivity contribution in [2.75, 3.05) is 25.0 Å². The van der Waals surface area contributed by atoms with Gasteiger partial charge in [0.1, 0.15) is 0 Å². The van der Waals surface area contributed by atoms with Crippen LogP contribution in [0, 0.1) is 0 Å². The van der Waals surface area contributed by atoms with Crippen molar-refractivity contribution >= 4 is 5.69 Å². The Labute approximate surface area is 115 Å². The fourth-order valence-corrected chi connectivity index (χ4v) is 3.06. The summed E-state index contributed by atoms with van der Waals surface area (Å²) in [6, 6.07) is 6.65. The second-order valence-corrected chi connectivity index (χ2v) is 5.60. The summed E-state index contributed by atoms with van der Waals surface area (Å²) in [5.74, 6) is 0. The van der Waals surface area contributed by atoms with Gasteiger partial charge in [-0.15, -0.1) is 0 Å². The predicted octanol–water partition coefficient (Wildman–Crippen LogP) is 2.70. The van der Waals surface area contributed by atoms with E-state index in [-0.39, 0.29) is 0 Å². The minimum atomic E-state index is 0.418. The smallest absolute Gasteiger partial charge is 0.0699 e. The molecule has 1 aromatic carbocycles. The molecule has 0 saturated carbocycles. The van der Waals surface area contributed by atoms with E-state index in [4.69, 9.17) is 4.74 Å². The maximum absolute atomic E-state index is 5.75. The Morgan fingerprint density at radius 1 is 1.26 bits per heavy atom. The predicted molar refractivity (Wildman–Crippen MR) is 78.6 cm³/mol. The maximum atomic E-state index is 5.75. The largest absolute Gasteiger partial charge is 0.385 e. The summed E-state index contributed by atoms with van der Waals surface area (Å²) in [6.07, 6.45) is 6.63. The molecule has 0 amide bonds. The Morgan fingerprint density at radius 2 is 2.26 bits per heavy atom. The van der Waals surface area contributed by atoms with Crippen LogP contribution in [0.25, 0.3) is 0 Å². The summed E-state index contributed by atoms with van der Waals surface area (Å²) in [6.45, 7) is 3.96. The van der Waals surface area contributed by atoms with Gasteiger partial charge in [0.05, 0.1) is 6.10 Å². The lowest BCUT2D eigenvalue weighted by molar-refractivity contribution is 0.0168. The molecule has 0 bridgehead atoms. The number of aryl methyl sites for hydroxylation is 1. The van der Waals surface area contributed by atoms with Gasteiger partial charge in [0.15, 0.2) is 0 Å². The SMILES string of the molecule is c1cc2c(c(CNCC3CCCCO3)c1)NCCC2. The van der Waals surface area contributed by atoms with E-state index in [1.54, 1.807) is 0 Å². The van der Waals surface area contributed by atoms with Crippen LogP contribution >= 0.6 is 0 Å². The van der Waals surface area contributed by atoms with Gasteiger partial charge in [-0.25, -0.2) is 0 Å². The molecule has 2 heterocycles. The number of anilines is 1. The molecule has 2 aliphatic heterocycles. The fourth-order valence-electron chi connectivity index (χ4n) is 3.06. The number of benzene rings is 1. The minimum absolute atomic E-state index is 0.418. The number of ether oxygens (including phenoxy) is 1. The van der Waals surface area contributed by atoms with Crippen molar-refractivity contribution in [1.82, 2.24) is 5.32 Å². The van der Waals surface area contributed by atoms with Crippen LogP contribution in [0.2, 0.25) is 0 Å². The standard InChI is InChI=1S/C16H24N2O/c1-2-10-19-15(8-1)12-17-11-14-6-3-5-13-7-4-9-18-16(13)14/h3,5-6,15,17-18H,1-2,4,7-12H2. The summed E-state index contributed by atoms with van der Waals surface area (Å²) in [5, 5.41) is 7.10. The first-order valence-corrected chi connectivity index (χ1v) is 7.60. The number of hydrogen-bond acceptors (Lipinski definition) is 3. The highest BCUT2D eigenvalue weighted by molar-refractivity contribution is 5.59. The van der Waals surface area contributed by atoms with Crippen LogP contribution in [-0.4, -0.2) is 25.8 Å². The van der Waals surface area contributed by atoms with E-state index in [1.807, 2.05) is 0 Å². The highest BCUT2D eigenvalue weighted by Crippen LogP contribution is 2.25. The minimum Gasteiger partial charge on any atom is -0.385 e.